The second kappa shape index (κ2) is 15.9. The molecule has 1 aliphatic heterocycles. The number of hydrogen-bond acceptors (Lipinski definition) is 4. The maximum absolute atomic E-state index is 5.41. The predicted octanol–water partition coefficient (Wildman–Crippen LogP) is 2.92. The normalized spacial score (nSPS) is 15.2. The summed E-state index contributed by atoms with van der Waals surface area (Å²) in [6.07, 6.45) is 1.11. The van der Waals surface area contributed by atoms with E-state index in [1.807, 2.05) is 0 Å². The van der Waals surface area contributed by atoms with Gasteiger partial charge in [0.05, 0.1) is 19.8 Å². The Bertz CT molecular complexity index is 574. The van der Waals surface area contributed by atoms with Gasteiger partial charge in [0.25, 0.3) is 0 Å². The van der Waals surface area contributed by atoms with Crippen molar-refractivity contribution in [3.05, 3.63) is 35.4 Å². The quantitative estimate of drug-likeness (QED) is 0.205. The minimum absolute atomic E-state index is 0. The molecule has 0 atom stereocenters. The van der Waals surface area contributed by atoms with E-state index in [4.69, 9.17) is 9.73 Å². The van der Waals surface area contributed by atoms with Crippen molar-refractivity contribution in [3.63, 3.8) is 0 Å². The highest BCUT2D eigenvalue weighted by Crippen LogP contribution is 2.13. The summed E-state index contributed by atoms with van der Waals surface area (Å²) in [7, 11) is 0. The standard InChI is InChI=1S/C22H39N5O.HI/c1-4-23-22(24-12-9-13-27-14-16-28-17-15-27)25-18-20-10-7-8-11-21(20)19-26(5-2)6-3;/h7-8,10-11H,4-6,9,12-19H2,1-3H3,(H2,23,24,25);1H. The summed E-state index contributed by atoms with van der Waals surface area (Å²) in [5.41, 5.74) is 2.68. The van der Waals surface area contributed by atoms with E-state index in [-0.39, 0.29) is 24.0 Å². The van der Waals surface area contributed by atoms with Crippen LogP contribution in [0.25, 0.3) is 0 Å². The molecule has 0 amide bonds. The zero-order chi connectivity index (χ0) is 20.0. The molecule has 7 heteroatoms. The molecule has 0 saturated carbocycles. The summed E-state index contributed by atoms with van der Waals surface area (Å²) in [4.78, 5) is 9.74. The number of nitrogens with zero attached hydrogens (tertiary/aromatic N) is 3. The molecule has 1 saturated heterocycles. The fourth-order valence-corrected chi connectivity index (χ4v) is 3.39. The van der Waals surface area contributed by atoms with Gasteiger partial charge in [-0.3, -0.25) is 9.80 Å². The third kappa shape index (κ3) is 10.1. The molecule has 0 radical (unpaired) electrons. The molecular formula is C22H40IN5O. The average Bonchev–Trinajstić information content (AvgIpc) is 2.74. The molecule has 0 unspecified atom stereocenters. The summed E-state index contributed by atoms with van der Waals surface area (Å²) in [5, 5.41) is 6.85. The molecule has 0 aromatic heterocycles. The smallest absolute Gasteiger partial charge is 0.191 e. The van der Waals surface area contributed by atoms with Crippen molar-refractivity contribution in [2.24, 2.45) is 4.99 Å². The Morgan fingerprint density at radius 2 is 1.76 bits per heavy atom. The van der Waals surface area contributed by atoms with Crippen molar-refractivity contribution < 1.29 is 4.74 Å². The van der Waals surface area contributed by atoms with Crippen LogP contribution in [0.2, 0.25) is 0 Å². The van der Waals surface area contributed by atoms with Crippen LogP contribution in [0.15, 0.2) is 29.3 Å². The molecule has 0 spiro atoms. The molecule has 29 heavy (non-hydrogen) atoms. The second-order valence-corrected chi connectivity index (χ2v) is 7.16. The van der Waals surface area contributed by atoms with Crippen molar-refractivity contribution in [2.45, 2.75) is 40.3 Å². The fraction of sp³-hybridized carbons (Fsp3) is 0.682. The van der Waals surface area contributed by atoms with E-state index in [0.29, 0.717) is 6.54 Å². The number of aliphatic imine (C=N–C) groups is 1. The van der Waals surface area contributed by atoms with Gasteiger partial charge in [0.1, 0.15) is 0 Å². The van der Waals surface area contributed by atoms with Crippen LogP contribution in [0.4, 0.5) is 0 Å². The molecule has 1 aromatic carbocycles. The van der Waals surface area contributed by atoms with Crippen molar-refractivity contribution in [1.29, 1.82) is 0 Å². The highest BCUT2D eigenvalue weighted by Gasteiger charge is 2.09. The van der Waals surface area contributed by atoms with E-state index in [9.17, 15) is 0 Å². The number of ether oxygens (including phenoxy) is 1. The SMILES string of the molecule is CCNC(=NCc1ccccc1CN(CC)CC)NCCCN1CCOCC1.I. The van der Waals surface area contributed by atoms with Gasteiger partial charge in [-0.05, 0) is 44.1 Å². The van der Waals surface area contributed by atoms with Gasteiger partial charge < -0.3 is 15.4 Å². The van der Waals surface area contributed by atoms with E-state index in [1.165, 1.54) is 11.1 Å². The molecule has 6 nitrogen and oxygen atoms in total. The van der Waals surface area contributed by atoms with Crippen LogP contribution in [0.1, 0.15) is 38.3 Å². The molecule has 2 N–H and O–H groups in total. The summed E-state index contributed by atoms with van der Waals surface area (Å²) in [5.74, 6) is 0.905. The summed E-state index contributed by atoms with van der Waals surface area (Å²) in [6.45, 7) is 17.1. The predicted molar refractivity (Wildman–Crippen MR) is 133 cm³/mol. The Labute approximate surface area is 194 Å². The molecule has 0 aliphatic carbocycles. The largest absolute Gasteiger partial charge is 0.379 e. The number of halogens is 1. The third-order valence-corrected chi connectivity index (χ3v) is 5.21. The number of guanidine groups is 1. The van der Waals surface area contributed by atoms with E-state index in [1.54, 1.807) is 0 Å². The van der Waals surface area contributed by atoms with Crippen molar-refractivity contribution in [2.75, 3.05) is 59.0 Å². The minimum atomic E-state index is 0. The minimum Gasteiger partial charge on any atom is -0.379 e. The van der Waals surface area contributed by atoms with Gasteiger partial charge in [-0.25, -0.2) is 4.99 Å². The average molecular weight is 518 g/mol. The van der Waals surface area contributed by atoms with E-state index in [0.717, 1.165) is 78.0 Å². The van der Waals surface area contributed by atoms with E-state index in [2.05, 4.69) is 65.5 Å². The van der Waals surface area contributed by atoms with E-state index >= 15 is 0 Å². The Kier molecular flexibility index (Phi) is 14.3. The fourth-order valence-electron chi connectivity index (χ4n) is 3.39. The molecule has 2 rings (SSSR count). The van der Waals surface area contributed by atoms with Gasteiger partial charge >= 0.3 is 0 Å². The Morgan fingerprint density at radius 3 is 2.41 bits per heavy atom. The zero-order valence-electron chi connectivity index (χ0n) is 18.5. The number of nitrogens with one attached hydrogen (secondary N) is 2. The van der Waals surface area contributed by atoms with Gasteiger partial charge in [0, 0.05) is 32.7 Å². The van der Waals surface area contributed by atoms with Crippen LogP contribution in [0.3, 0.4) is 0 Å². The van der Waals surface area contributed by atoms with Crippen LogP contribution in [0.5, 0.6) is 0 Å². The van der Waals surface area contributed by atoms with Crippen molar-refractivity contribution in [3.8, 4) is 0 Å². The van der Waals surface area contributed by atoms with Crippen molar-refractivity contribution >= 4 is 29.9 Å². The number of benzene rings is 1. The highest BCUT2D eigenvalue weighted by molar-refractivity contribution is 14.0. The van der Waals surface area contributed by atoms with Crippen LogP contribution in [-0.2, 0) is 17.8 Å². The Balaban J connectivity index is 0.00000420. The lowest BCUT2D eigenvalue weighted by atomic mass is 10.1. The summed E-state index contributed by atoms with van der Waals surface area (Å²) < 4.78 is 5.41. The highest BCUT2D eigenvalue weighted by atomic mass is 127. The molecule has 1 aromatic rings. The first-order valence-corrected chi connectivity index (χ1v) is 10.9. The van der Waals surface area contributed by atoms with Gasteiger partial charge in [-0.15, -0.1) is 24.0 Å². The van der Waals surface area contributed by atoms with Gasteiger partial charge in [0.15, 0.2) is 5.96 Å². The van der Waals surface area contributed by atoms with Gasteiger partial charge in [-0.2, -0.15) is 0 Å². The zero-order valence-corrected chi connectivity index (χ0v) is 20.8. The van der Waals surface area contributed by atoms with Crippen molar-refractivity contribution in [1.82, 2.24) is 20.4 Å². The summed E-state index contributed by atoms with van der Waals surface area (Å²) in [6, 6.07) is 8.66. The lowest BCUT2D eigenvalue weighted by Gasteiger charge is -2.26. The molecule has 166 valence electrons. The van der Waals surface area contributed by atoms with Crippen LogP contribution < -0.4 is 10.6 Å². The first-order valence-electron chi connectivity index (χ1n) is 10.9. The van der Waals surface area contributed by atoms with Crippen LogP contribution in [-0.4, -0.2) is 74.8 Å². The maximum atomic E-state index is 5.41. The van der Waals surface area contributed by atoms with Gasteiger partial charge in [-0.1, -0.05) is 38.1 Å². The van der Waals surface area contributed by atoms with Crippen LogP contribution in [0, 0.1) is 0 Å². The molecule has 1 heterocycles. The number of rotatable bonds is 11. The first-order chi connectivity index (χ1) is 13.8. The summed E-state index contributed by atoms with van der Waals surface area (Å²) >= 11 is 0. The molecular weight excluding hydrogens is 477 g/mol. The van der Waals surface area contributed by atoms with Gasteiger partial charge in [0.2, 0.25) is 0 Å². The number of hydrogen-bond donors (Lipinski definition) is 2. The maximum Gasteiger partial charge on any atom is 0.191 e. The third-order valence-electron chi connectivity index (χ3n) is 5.21. The Morgan fingerprint density at radius 1 is 1.07 bits per heavy atom. The Hall–Kier alpha value is -0.900. The monoisotopic (exact) mass is 517 g/mol. The topological polar surface area (TPSA) is 52.1 Å². The second-order valence-electron chi connectivity index (χ2n) is 7.16. The molecule has 0 bridgehead atoms. The molecule has 1 fully saturated rings. The lowest BCUT2D eigenvalue weighted by molar-refractivity contribution is 0.0376. The lowest BCUT2D eigenvalue weighted by Crippen LogP contribution is -2.40. The van der Waals surface area contributed by atoms with E-state index < -0.39 is 0 Å². The first kappa shape index (κ1) is 26.1. The number of morpholine rings is 1. The van der Waals surface area contributed by atoms with Crippen LogP contribution >= 0.6 is 24.0 Å². The molecule has 1 aliphatic rings.